The van der Waals surface area contributed by atoms with Gasteiger partial charge in [0.15, 0.2) is 0 Å². The fourth-order valence-corrected chi connectivity index (χ4v) is 3.18. The minimum Gasteiger partial charge on any atom is -0.388 e. The molecule has 1 heterocycles. The molecule has 2 aromatic rings. The number of benzene rings is 1. The zero-order valence-electron chi connectivity index (χ0n) is 8.36. The molecule has 1 nitrogen and oxygen atoms in total. The van der Waals surface area contributed by atoms with Gasteiger partial charge in [0.25, 0.3) is 0 Å². The van der Waals surface area contributed by atoms with Gasteiger partial charge < -0.3 is 5.11 Å². The van der Waals surface area contributed by atoms with Crippen LogP contribution in [-0.2, 0) is 6.42 Å². The molecule has 0 radical (unpaired) electrons. The van der Waals surface area contributed by atoms with Crippen molar-refractivity contribution in [2.24, 2.45) is 0 Å². The normalized spacial score (nSPS) is 12.7. The van der Waals surface area contributed by atoms with Crippen molar-refractivity contribution >= 4 is 45.5 Å². The molecule has 2 rings (SSSR count). The average Bonchev–Trinajstić information content (AvgIpc) is 2.64. The summed E-state index contributed by atoms with van der Waals surface area (Å²) >= 11 is 9.61. The summed E-state index contributed by atoms with van der Waals surface area (Å²) < 4.78 is 1.91. The topological polar surface area (TPSA) is 20.2 Å². The van der Waals surface area contributed by atoms with E-state index < -0.39 is 6.10 Å². The molecule has 0 fully saturated rings. The van der Waals surface area contributed by atoms with E-state index in [1.807, 2.05) is 36.4 Å². The Bertz CT molecular complexity index is 483. The van der Waals surface area contributed by atoms with Crippen LogP contribution in [0.5, 0.6) is 0 Å². The van der Waals surface area contributed by atoms with Gasteiger partial charge >= 0.3 is 0 Å². The molecule has 16 heavy (non-hydrogen) atoms. The second kappa shape index (κ2) is 5.49. The van der Waals surface area contributed by atoms with E-state index in [0.717, 1.165) is 18.3 Å². The fraction of sp³-hybridized carbons (Fsp3) is 0.167. The second-order valence-electron chi connectivity index (χ2n) is 3.48. The van der Waals surface area contributed by atoms with Crippen molar-refractivity contribution in [2.45, 2.75) is 12.5 Å². The summed E-state index contributed by atoms with van der Waals surface area (Å²) in [6, 6.07) is 11.7. The van der Waals surface area contributed by atoms with Crippen LogP contribution < -0.4 is 0 Å². The third-order valence-electron chi connectivity index (χ3n) is 2.26. The van der Waals surface area contributed by atoms with Crippen molar-refractivity contribution in [3.8, 4) is 0 Å². The van der Waals surface area contributed by atoms with Crippen LogP contribution in [0.25, 0.3) is 0 Å². The number of aliphatic hydroxyl groups is 1. The zero-order chi connectivity index (χ0) is 11.5. The van der Waals surface area contributed by atoms with Gasteiger partial charge in [0.1, 0.15) is 0 Å². The number of hydrogen-bond acceptors (Lipinski definition) is 2. The molecule has 0 aliphatic heterocycles. The molecule has 0 saturated heterocycles. The van der Waals surface area contributed by atoms with Crippen LogP contribution in [-0.4, -0.2) is 5.11 Å². The van der Waals surface area contributed by atoms with E-state index in [2.05, 4.69) is 22.6 Å². The molecule has 1 aromatic carbocycles. The highest BCUT2D eigenvalue weighted by Crippen LogP contribution is 2.26. The number of rotatable bonds is 3. The lowest BCUT2D eigenvalue weighted by Crippen LogP contribution is -2.00. The summed E-state index contributed by atoms with van der Waals surface area (Å²) in [4.78, 5) is 1.11. The van der Waals surface area contributed by atoms with Crippen molar-refractivity contribution in [1.29, 1.82) is 0 Å². The lowest BCUT2D eigenvalue weighted by molar-refractivity contribution is 0.179. The van der Waals surface area contributed by atoms with Gasteiger partial charge in [0, 0.05) is 14.9 Å². The van der Waals surface area contributed by atoms with Gasteiger partial charge in [-0.3, -0.25) is 0 Å². The van der Waals surface area contributed by atoms with Crippen LogP contribution in [0.2, 0.25) is 4.34 Å². The second-order valence-corrected chi connectivity index (χ2v) is 6.53. The highest BCUT2D eigenvalue weighted by molar-refractivity contribution is 14.1. The Hall–Kier alpha value is -0.100. The molecule has 1 N–H and O–H groups in total. The lowest BCUT2D eigenvalue weighted by atomic mass is 10.1. The minimum absolute atomic E-state index is 0.454. The minimum atomic E-state index is -0.454. The highest BCUT2D eigenvalue weighted by Gasteiger charge is 2.10. The number of hydrogen-bond donors (Lipinski definition) is 1. The predicted molar refractivity (Wildman–Crippen MR) is 77.2 cm³/mol. The molecule has 1 unspecified atom stereocenters. The van der Waals surface area contributed by atoms with Crippen LogP contribution >= 0.6 is 45.5 Å². The Morgan fingerprint density at radius 1 is 1.31 bits per heavy atom. The summed E-state index contributed by atoms with van der Waals surface area (Å²) in [7, 11) is 0. The number of halogens is 2. The van der Waals surface area contributed by atoms with E-state index >= 15 is 0 Å². The molecule has 0 spiro atoms. The van der Waals surface area contributed by atoms with E-state index in [9.17, 15) is 5.11 Å². The molecule has 4 heteroatoms. The molecule has 1 atom stereocenters. The van der Waals surface area contributed by atoms with E-state index in [4.69, 9.17) is 11.6 Å². The Morgan fingerprint density at radius 2 is 2.12 bits per heavy atom. The first-order valence-electron chi connectivity index (χ1n) is 4.83. The van der Waals surface area contributed by atoms with E-state index in [1.165, 1.54) is 11.3 Å². The molecular weight excluding hydrogens is 355 g/mol. The van der Waals surface area contributed by atoms with Gasteiger partial charge in [-0.15, -0.1) is 11.3 Å². The van der Waals surface area contributed by atoms with Crippen LogP contribution in [0, 0.1) is 3.57 Å². The third kappa shape index (κ3) is 3.20. The SMILES string of the molecule is OC(Cc1ccc(Cl)s1)c1cccc(I)c1. The van der Waals surface area contributed by atoms with Gasteiger partial charge in [0.05, 0.1) is 10.4 Å². The van der Waals surface area contributed by atoms with Gasteiger partial charge in [-0.25, -0.2) is 0 Å². The van der Waals surface area contributed by atoms with Crippen LogP contribution in [0.3, 0.4) is 0 Å². The monoisotopic (exact) mass is 364 g/mol. The maximum atomic E-state index is 10.1. The Labute approximate surface area is 117 Å². The molecule has 84 valence electrons. The van der Waals surface area contributed by atoms with Crippen LogP contribution in [0.1, 0.15) is 16.5 Å². The Balaban J connectivity index is 2.11. The number of aliphatic hydroxyl groups excluding tert-OH is 1. The number of thiophene rings is 1. The van der Waals surface area contributed by atoms with E-state index in [-0.39, 0.29) is 0 Å². The maximum Gasteiger partial charge on any atom is 0.0931 e. The molecular formula is C12H10ClIOS. The van der Waals surface area contributed by atoms with E-state index in [0.29, 0.717) is 6.42 Å². The summed E-state index contributed by atoms with van der Waals surface area (Å²) in [5.74, 6) is 0. The van der Waals surface area contributed by atoms with Gasteiger partial charge in [0.2, 0.25) is 0 Å². The highest BCUT2D eigenvalue weighted by atomic mass is 127. The largest absolute Gasteiger partial charge is 0.388 e. The van der Waals surface area contributed by atoms with Gasteiger partial charge in [-0.2, -0.15) is 0 Å². The smallest absolute Gasteiger partial charge is 0.0931 e. The maximum absolute atomic E-state index is 10.1. The van der Waals surface area contributed by atoms with Crippen LogP contribution in [0.15, 0.2) is 36.4 Å². The van der Waals surface area contributed by atoms with Crippen LogP contribution in [0.4, 0.5) is 0 Å². The van der Waals surface area contributed by atoms with Crippen molar-refractivity contribution in [3.05, 3.63) is 54.7 Å². The van der Waals surface area contributed by atoms with Crippen molar-refractivity contribution < 1.29 is 5.11 Å². The molecule has 0 saturated carbocycles. The average molecular weight is 365 g/mol. The molecule has 1 aromatic heterocycles. The first-order chi connectivity index (χ1) is 7.65. The fourth-order valence-electron chi connectivity index (χ4n) is 1.48. The van der Waals surface area contributed by atoms with Gasteiger partial charge in [-0.1, -0.05) is 23.7 Å². The lowest BCUT2D eigenvalue weighted by Gasteiger charge is -2.09. The Kier molecular flexibility index (Phi) is 4.24. The molecule has 0 aliphatic carbocycles. The summed E-state index contributed by atoms with van der Waals surface area (Å²) in [6.45, 7) is 0. The van der Waals surface area contributed by atoms with Crippen molar-refractivity contribution in [2.75, 3.05) is 0 Å². The van der Waals surface area contributed by atoms with E-state index in [1.54, 1.807) is 0 Å². The predicted octanol–water partition coefficient (Wildman–Crippen LogP) is 4.28. The molecule has 0 amide bonds. The summed E-state index contributed by atoms with van der Waals surface area (Å²) in [6.07, 6.45) is 0.168. The quantitative estimate of drug-likeness (QED) is 0.806. The zero-order valence-corrected chi connectivity index (χ0v) is 12.1. The third-order valence-corrected chi connectivity index (χ3v) is 4.18. The summed E-state index contributed by atoms with van der Waals surface area (Å²) in [5, 5.41) is 10.1. The first kappa shape index (κ1) is 12.4. The standard InChI is InChI=1S/C12H10ClIOS/c13-12-5-4-10(16-12)7-11(15)8-2-1-3-9(14)6-8/h1-6,11,15H,7H2. The molecule has 0 bridgehead atoms. The van der Waals surface area contributed by atoms with Crippen molar-refractivity contribution in [3.63, 3.8) is 0 Å². The first-order valence-corrected chi connectivity index (χ1v) is 7.10. The summed E-state index contributed by atoms with van der Waals surface area (Å²) in [5.41, 5.74) is 0.955. The van der Waals surface area contributed by atoms with Gasteiger partial charge in [-0.05, 0) is 52.4 Å². The van der Waals surface area contributed by atoms with Crippen molar-refractivity contribution in [1.82, 2.24) is 0 Å². The molecule has 0 aliphatic rings. The Morgan fingerprint density at radius 3 is 2.75 bits per heavy atom.